The number of ether oxygens (including phenoxy) is 1. The van der Waals surface area contributed by atoms with Gasteiger partial charge in [-0.15, -0.1) is 0 Å². The van der Waals surface area contributed by atoms with Gasteiger partial charge in [0.25, 0.3) is 0 Å². The number of hydrogen-bond donors (Lipinski definition) is 2. The molecule has 0 heterocycles. The van der Waals surface area contributed by atoms with Crippen molar-refractivity contribution >= 4 is 40.8 Å². The van der Waals surface area contributed by atoms with Crippen LogP contribution in [0, 0.1) is 13.8 Å². The molecule has 2 amide bonds. The van der Waals surface area contributed by atoms with E-state index in [1.807, 2.05) is 19.9 Å². The minimum atomic E-state index is -0.912. The van der Waals surface area contributed by atoms with Gasteiger partial charge in [-0.1, -0.05) is 43.1 Å². The van der Waals surface area contributed by atoms with Crippen LogP contribution in [-0.4, -0.2) is 24.4 Å². The molecule has 148 valence electrons. The summed E-state index contributed by atoms with van der Waals surface area (Å²) in [6.45, 7) is 5.95. The maximum atomic E-state index is 12.3. The molecule has 0 aliphatic heterocycles. The Morgan fingerprint density at radius 3 is 2.39 bits per heavy atom. The quantitative estimate of drug-likeness (QED) is 0.423. The van der Waals surface area contributed by atoms with E-state index in [9.17, 15) is 14.4 Å². The van der Waals surface area contributed by atoms with E-state index in [0.29, 0.717) is 17.3 Å². The number of hydrogen-bond acceptors (Lipinski definition) is 4. The predicted molar refractivity (Wildman–Crippen MR) is 110 cm³/mol. The number of esters is 1. The summed E-state index contributed by atoms with van der Waals surface area (Å²) in [4.78, 5) is 36.8. The van der Waals surface area contributed by atoms with E-state index in [1.165, 1.54) is 12.1 Å². The first kappa shape index (κ1) is 21.4. The maximum absolute atomic E-state index is 12.3. The molecule has 0 fully saturated rings. The van der Waals surface area contributed by atoms with E-state index < -0.39 is 17.8 Å². The van der Waals surface area contributed by atoms with Gasteiger partial charge in [-0.05, 0) is 49.6 Å². The minimum absolute atomic E-state index is 0.185. The van der Waals surface area contributed by atoms with Crippen molar-refractivity contribution in [3.05, 3.63) is 58.1 Å². The molecule has 2 rings (SSSR count). The van der Waals surface area contributed by atoms with E-state index in [2.05, 4.69) is 10.6 Å². The van der Waals surface area contributed by atoms with Crippen LogP contribution in [0.2, 0.25) is 5.02 Å². The van der Waals surface area contributed by atoms with Crippen LogP contribution in [0.4, 0.5) is 11.4 Å². The van der Waals surface area contributed by atoms with E-state index in [-0.39, 0.29) is 11.3 Å². The van der Waals surface area contributed by atoms with E-state index in [1.54, 1.807) is 25.1 Å². The highest BCUT2D eigenvalue weighted by Crippen LogP contribution is 2.27. The van der Waals surface area contributed by atoms with Gasteiger partial charge in [0.15, 0.2) is 0 Å². The largest absolute Gasteiger partial charge is 0.462 e. The van der Waals surface area contributed by atoms with Crippen molar-refractivity contribution in [1.29, 1.82) is 0 Å². The average Bonchev–Trinajstić information content (AvgIpc) is 2.65. The Hall–Kier alpha value is -2.86. The normalized spacial score (nSPS) is 10.3. The van der Waals surface area contributed by atoms with Crippen molar-refractivity contribution in [3.63, 3.8) is 0 Å². The number of carbonyl (C=O) groups excluding carboxylic acids is 3. The van der Waals surface area contributed by atoms with Crippen molar-refractivity contribution < 1.29 is 19.1 Å². The van der Waals surface area contributed by atoms with E-state index in [4.69, 9.17) is 16.3 Å². The zero-order valence-electron chi connectivity index (χ0n) is 16.1. The summed E-state index contributed by atoms with van der Waals surface area (Å²) in [5, 5.41) is 5.32. The molecule has 2 aromatic carbocycles. The zero-order chi connectivity index (χ0) is 20.7. The lowest BCUT2D eigenvalue weighted by Gasteiger charge is -2.13. The smallest absolute Gasteiger partial charge is 0.340 e. The van der Waals surface area contributed by atoms with Gasteiger partial charge in [-0.25, -0.2) is 4.79 Å². The lowest BCUT2D eigenvalue weighted by atomic mass is 10.1. The molecular formula is C21H23ClN2O4. The number of rotatable bonds is 6. The summed E-state index contributed by atoms with van der Waals surface area (Å²) in [6, 6.07) is 9.91. The molecule has 0 radical (unpaired) electrons. The van der Waals surface area contributed by atoms with Gasteiger partial charge in [-0.2, -0.15) is 0 Å². The van der Waals surface area contributed by atoms with Crippen molar-refractivity contribution in [1.82, 2.24) is 0 Å². The fourth-order valence-corrected chi connectivity index (χ4v) is 2.95. The Morgan fingerprint density at radius 2 is 1.71 bits per heavy atom. The Kier molecular flexibility index (Phi) is 7.58. The first-order chi connectivity index (χ1) is 13.3. The van der Waals surface area contributed by atoms with Crippen molar-refractivity contribution in [2.45, 2.75) is 33.6 Å². The topological polar surface area (TPSA) is 84.5 Å². The minimum Gasteiger partial charge on any atom is -0.462 e. The molecule has 2 N–H and O–H groups in total. The van der Waals surface area contributed by atoms with Crippen LogP contribution >= 0.6 is 11.6 Å². The molecule has 6 nitrogen and oxygen atoms in total. The number of carbonyl (C=O) groups is 3. The van der Waals surface area contributed by atoms with Crippen LogP contribution in [0.5, 0.6) is 0 Å². The Labute approximate surface area is 169 Å². The van der Waals surface area contributed by atoms with Gasteiger partial charge >= 0.3 is 17.8 Å². The highest BCUT2D eigenvalue weighted by molar-refractivity contribution is 6.45. The second-order valence-electron chi connectivity index (χ2n) is 6.38. The SMILES string of the molecule is CCCCOC(=O)c1ccccc1NC(=O)C(=O)Nc1c(C)cc(C)cc1Cl. The highest BCUT2D eigenvalue weighted by Gasteiger charge is 2.20. The fourth-order valence-electron chi connectivity index (χ4n) is 2.58. The zero-order valence-corrected chi connectivity index (χ0v) is 16.9. The summed E-state index contributed by atoms with van der Waals surface area (Å²) >= 11 is 6.16. The summed E-state index contributed by atoms with van der Waals surface area (Å²) in [5.74, 6) is -2.35. The molecule has 0 aromatic heterocycles. The maximum Gasteiger partial charge on any atom is 0.340 e. The first-order valence-corrected chi connectivity index (χ1v) is 9.36. The number of aryl methyl sites for hydroxylation is 2. The number of nitrogens with one attached hydrogen (secondary N) is 2. The van der Waals surface area contributed by atoms with Crippen molar-refractivity contribution in [2.75, 3.05) is 17.2 Å². The molecule has 0 aliphatic carbocycles. The van der Waals surface area contributed by atoms with Crippen molar-refractivity contribution in [2.24, 2.45) is 0 Å². The molecule has 28 heavy (non-hydrogen) atoms. The Bertz CT molecular complexity index is 873. The molecule has 0 atom stereocenters. The van der Waals surface area contributed by atoms with Gasteiger partial charge < -0.3 is 15.4 Å². The number of unbranched alkanes of at least 4 members (excludes halogenated alkanes) is 1. The van der Waals surface area contributed by atoms with Gasteiger partial charge in [0.05, 0.1) is 28.6 Å². The van der Waals surface area contributed by atoms with Crippen molar-refractivity contribution in [3.8, 4) is 0 Å². The van der Waals surface area contributed by atoms with Crippen LogP contribution in [0.25, 0.3) is 0 Å². The van der Waals surface area contributed by atoms with Gasteiger partial charge in [0, 0.05) is 0 Å². The average molecular weight is 403 g/mol. The Morgan fingerprint density at radius 1 is 1.04 bits per heavy atom. The van der Waals surface area contributed by atoms with Gasteiger partial charge in [0.1, 0.15) is 0 Å². The lowest BCUT2D eigenvalue weighted by Crippen LogP contribution is -2.30. The lowest BCUT2D eigenvalue weighted by molar-refractivity contribution is -0.133. The summed E-state index contributed by atoms with van der Waals surface area (Å²) in [5.41, 5.74) is 2.45. The molecule has 7 heteroatoms. The second-order valence-corrected chi connectivity index (χ2v) is 6.79. The molecule has 2 aromatic rings. The van der Waals surface area contributed by atoms with Gasteiger partial charge in [-0.3, -0.25) is 9.59 Å². The highest BCUT2D eigenvalue weighted by atomic mass is 35.5. The molecule has 0 saturated heterocycles. The number of amides is 2. The fraction of sp³-hybridized carbons (Fsp3) is 0.286. The summed E-state index contributed by atoms with van der Waals surface area (Å²) < 4.78 is 5.18. The molecule has 0 aliphatic rings. The number of para-hydroxylation sites is 1. The monoisotopic (exact) mass is 402 g/mol. The third-order valence-corrected chi connectivity index (χ3v) is 4.30. The van der Waals surface area contributed by atoms with E-state index >= 15 is 0 Å². The van der Waals surface area contributed by atoms with Crippen LogP contribution in [0.15, 0.2) is 36.4 Å². The second kappa shape index (κ2) is 9.90. The summed E-state index contributed by atoms with van der Waals surface area (Å²) in [7, 11) is 0. The number of halogens is 1. The van der Waals surface area contributed by atoms with Crippen LogP contribution in [-0.2, 0) is 14.3 Å². The molecule has 0 spiro atoms. The summed E-state index contributed by atoms with van der Waals surface area (Å²) in [6.07, 6.45) is 1.64. The first-order valence-electron chi connectivity index (χ1n) is 8.98. The predicted octanol–water partition coefficient (Wildman–Crippen LogP) is 4.49. The van der Waals surface area contributed by atoms with Crippen LogP contribution < -0.4 is 10.6 Å². The number of anilines is 2. The molecule has 0 saturated carbocycles. The van der Waals surface area contributed by atoms with Crippen LogP contribution in [0.3, 0.4) is 0 Å². The molecular weight excluding hydrogens is 380 g/mol. The van der Waals surface area contributed by atoms with Gasteiger partial charge in [0.2, 0.25) is 0 Å². The standard InChI is InChI=1S/C21H23ClN2O4/c1-4-5-10-28-21(27)15-8-6-7-9-17(15)23-19(25)20(26)24-18-14(3)11-13(2)12-16(18)22/h6-9,11-12H,4-5,10H2,1-3H3,(H,23,25)(H,24,26). The number of benzene rings is 2. The molecule has 0 unspecified atom stereocenters. The van der Waals surface area contributed by atoms with Crippen LogP contribution in [0.1, 0.15) is 41.3 Å². The third-order valence-electron chi connectivity index (χ3n) is 4.00. The molecule has 0 bridgehead atoms. The Balaban J connectivity index is 2.11. The van der Waals surface area contributed by atoms with E-state index in [0.717, 1.165) is 24.0 Å². The third kappa shape index (κ3) is 5.57.